The highest BCUT2D eigenvalue weighted by Crippen LogP contribution is 2.23. The van der Waals surface area contributed by atoms with Gasteiger partial charge in [-0.15, -0.1) is 0 Å². The van der Waals surface area contributed by atoms with Gasteiger partial charge in [0.25, 0.3) is 5.91 Å². The molecule has 1 amide bonds. The van der Waals surface area contributed by atoms with Crippen molar-refractivity contribution in [2.45, 2.75) is 33.1 Å². The molecule has 3 heteroatoms. The van der Waals surface area contributed by atoms with Crippen molar-refractivity contribution in [3.63, 3.8) is 0 Å². The van der Waals surface area contributed by atoms with Crippen LogP contribution in [-0.4, -0.2) is 29.0 Å². The smallest absolute Gasteiger partial charge is 0.254 e. The van der Waals surface area contributed by atoms with Crippen LogP contribution < -0.4 is 0 Å². The van der Waals surface area contributed by atoms with Crippen LogP contribution in [0.5, 0.6) is 5.75 Å². The minimum absolute atomic E-state index is 0.0991. The maximum absolute atomic E-state index is 12.4. The molecule has 1 N–H and O–H groups in total. The van der Waals surface area contributed by atoms with Gasteiger partial charge >= 0.3 is 0 Å². The molecule has 3 nitrogen and oxygen atoms in total. The topological polar surface area (TPSA) is 40.5 Å². The Bertz CT molecular complexity index is 434. The maximum atomic E-state index is 12.4. The van der Waals surface area contributed by atoms with Gasteiger partial charge in [0.15, 0.2) is 0 Å². The van der Waals surface area contributed by atoms with Crippen molar-refractivity contribution in [3.05, 3.63) is 29.3 Å². The standard InChI is InChI=1S/C15H21NO2/c1-3-12-6-8-16(9-7-12)15(18)14-5-4-13(17)10-11(14)2/h4-5,10,12,17H,3,6-9H2,1-2H3. The van der Waals surface area contributed by atoms with Crippen LogP contribution in [0, 0.1) is 12.8 Å². The Hall–Kier alpha value is -1.51. The number of likely N-dealkylation sites (tertiary alicyclic amines) is 1. The van der Waals surface area contributed by atoms with E-state index in [0.29, 0.717) is 5.56 Å². The molecular formula is C15H21NO2. The Kier molecular flexibility index (Phi) is 3.90. The number of hydrogen-bond donors (Lipinski definition) is 1. The maximum Gasteiger partial charge on any atom is 0.254 e. The number of hydrogen-bond acceptors (Lipinski definition) is 2. The van der Waals surface area contributed by atoms with Crippen molar-refractivity contribution in [1.29, 1.82) is 0 Å². The van der Waals surface area contributed by atoms with E-state index < -0.39 is 0 Å². The molecule has 0 aromatic heterocycles. The number of carbonyl (C=O) groups excluding carboxylic acids is 1. The van der Waals surface area contributed by atoms with Gasteiger partial charge in [-0.25, -0.2) is 0 Å². The largest absolute Gasteiger partial charge is 0.508 e. The van der Waals surface area contributed by atoms with Crippen molar-refractivity contribution in [1.82, 2.24) is 4.90 Å². The summed E-state index contributed by atoms with van der Waals surface area (Å²) in [5.74, 6) is 1.09. The monoisotopic (exact) mass is 247 g/mol. The van der Waals surface area contributed by atoms with Crippen molar-refractivity contribution < 1.29 is 9.90 Å². The molecule has 0 saturated carbocycles. The first-order valence-electron chi connectivity index (χ1n) is 6.70. The Morgan fingerprint density at radius 1 is 1.39 bits per heavy atom. The number of benzene rings is 1. The number of carbonyl (C=O) groups is 1. The Morgan fingerprint density at radius 2 is 2.06 bits per heavy atom. The van der Waals surface area contributed by atoms with Gasteiger partial charge in [-0.1, -0.05) is 13.3 Å². The number of phenolic OH excluding ortho intramolecular Hbond substituents is 1. The zero-order valence-corrected chi connectivity index (χ0v) is 11.1. The van der Waals surface area contributed by atoms with Crippen LogP contribution in [0.25, 0.3) is 0 Å². The summed E-state index contributed by atoms with van der Waals surface area (Å²) >= 11 is 0. The van der Waals surface area contributed by atoms with E-state index in [9.17, 15) is 9.90 Å². The van der Waals surface area contributed by atoms with Crippen LogP contribution in [0.2, 0.25) is 0 Å². The van der Waals surface area contributed by atoms with Gasteiger partial charge in [-0.05, 0) is 49.4 Å². The van der Waals surface area contributed by atoms with E-state index in [1.165, 1.54) is 6.42 Å². The highest BCUT2D eigenvalue weighted by Gasteiger charge is 2.23. The van der Waals surface area contributed by atoms with Crippen LogP contribution in [0.15, 0.2) is 18.2 Å². The Labute approximate surface area is 108 Å². The number of phenols is 1. The highest BCUT2D eigenvalue weighted by molar-refractivity contribution is 5.95. The second-order valence-corrected chi connectivity index (χ2v) is 5.14. The summed E-state index contributed by atoms with van der Waals surface area (Å²) in [5, 5.41) is 9.37. The molecule has 0 bridgehead atoms. The first-order chi connectivity index (χ1) is 8.61. The second kappa shape index (κ2) is 5.42. The fraction of sp³-hybridized carbons (Fsp3) is 0.533. The van der Waals surface area contributed by atoms with E-state index >= 15 is 0 Å². The first kappa shape index (κ1) is 12.9. The van der Waals surface area contributed by atoms with Gasteiger partial charge in [0.1, 0.15) is 5.75 Å². The predicted molar refractivity (Wildman–Crippen MR) is 71.8 cm³/mol. The molecule has 0 aliphatic carbocycles. The molecule has 1 heterocycles. The molecule has 18 heavy (non-hydrogen) atoms. The average Bonchev–Trinajstić information content (AvgIpc) is 2.38. The van der Waals surface area contributed by atoms with Crippen molar-refractivity contribution in [3.8, 4) is 5.75 Å². The number of aromatic hydroxyl groups is 1. The molecule has 2 rings (SSSR count). The molecule has 1 aromatic carbocycles. The number of rotatable bonds is 2. The lowest BCUT2D eigenvalue weighted by Gasteiger charge is -2.31. The molecule has 1 fully saturated rings. The molecule has 0 radical (unpaired) electrons. The lowest BCUT2D eigenvalue weighted by Crippen LogP contribution is -2.38. The van der Waals surface area contributed by atoms with Crippen LogP contribution >= 0.6 is 0 Å². The number of amides is 1. The van der Waals surface area contributed by atoms with E-state index in [1.807, 2.05) is 11.8 Å². The molecule has 0 atom stereocenters. The SMILES string of the molecule is CCC1CCN(C(=O)c2ccc(O)cc2C)CC1. The van der Waals surface area contributed by atoms with E-state index in [-0.39, 0.29) is 11.7 Å². The minimum atomic E-state index is 0.0991. The van der Waals surface area contributed by atoms with Crippen LogP contribution in [0.1, 0.15) is 42.1 Å². The molecule has 0 spiro atoms. The molecule has 98 valence electrons. The van der Waals surface area contributed by atoms with E-state index in [0.717, 1.165) is 37.4 Å². The summed E-state index contributed by atoms with van der Waals surface area (Å²) in [6.07, 6.45) is 3.43. The van der Waals surface area contributed by atoms with Gasteiger partial charge in [0, 0.05) is 18.7 Å². The van der Waals surface area contributed by atoms with E-state index in [4.69, 9.17) is 0 Å². The minimum Gasteiger partial charge on any atom is -0.508 e. The van der Waals surface area contributed by atoms with Crippen molar-refractivity contribution in [2.24, 2.45) is 5.92 Å². The molecule has 1 aliphatic rings. The fourth-order valence-electron chi connectivity index (χ4n) is 2.60. The summed E-state index contributed by atoms with van der Waals surface area (Å²) in [7, 11) is 0. The van der Waals surface area contributed by atoms with Crippen LogP contribution in [0.4, 0.5) is 0 Å². The number of nitrogens with zero attached hydrogens (tertiary/aromatic N) is 1. The summed E-state index contributed by atoms with van der Waals surface area (Å²) in [4.78, 5) is 14.3. The normalized spacial score (nSPS) is 16.9. The third-order valence-electron chi connectivity index (χ3n) is 3.92. The predicted octanol–water partition coefficient (Wildman–Crippen LogP) is 2.96. The van der Waals surface area contributed by atoms with E-state index in [2.05, 4.69) is 6.92 Å². The lowest BCUT2D eigenvalue weighted by molar-refractivity contribution is 0.0688. The van der Waals surface area contributed by atoms with Crippen molar-refractivity contribution in [2.75, 3.05) is 13.1 Å². The molecule has 1 aliphatic heterocycles. The second-order valence-electron chi connectivity index (χ2n) is 5.14. The Balaban J connectivity index is 2.08. The third kappa shape index (κ3) is 2.66. The molecule has 0 unspecified atom stereocenters. The lowest BCUT2D eigenvalue weighted by atomic mass is 9.94. The highest BCUT2D eigenvalue weighted by atomic mass is 16.3. The average molecular weight is 247 g/mol. The zero-order valence-electron chi connectivity index (χ0n) is 11.1. The third-order valence-corrected chi connectivity index (χ3v) is 3.92. The molecule has 1 aromatic rings. The van der Waals surface area contributed by atoms with Crippen LogP contribution in [-0.2, 0) is 0 Å². The Morgan fingerprint density at radius 3 is 2.61 bits per heavy atom. The van der Waals surface area contributed by atoms with Gasteiger partial charge in [-0.3, -0.25) is 4.79 Å². The summed E-state index contributed by atoms with van der Waals surface area (Å²) in [6.45, 7) is 5.80. The number of aryl methyl sites for hydroxylation is 1. The van der Waals surface area contributed by atoms with Gasteiger partial charge in [-0.2, -0.15) is 0 Å². The molecule has 1 saturated heterocycles. The van der Waals surface area contributed by atoms with Gasteiger partial charge < -0.3 is 10.0 Å². The quantitative estimate of drug-likeness (QED) is 0.872. The fourth-order valence-corrected chi connectivity index (χ4v) is 2.60. The van der Waals surface area contributed by atoms with Crippen LogP contribution in [0.3, 0.4) is 0 Å². The summed E-state index contributed by atoms with van der Waals surface area (Å²) in [5.41, 5.74) is 1.56. The summed E-state index contributed by atoms with van der Waals surface area (Å²) < 4.78 is 0. The van der Waals surface area contributed by atoms with Crippen molar-refractivity contribution >= 4 is 5.91 Å². The first-order valence-corrected chi connectivity index (χ1v) is 6.70. The zero-order chi connectivity index (χ0) is 13.1. The van der Waals surface area contributed by atoms with Gasteiger partial charge in [0.2, 0.25) is 0 Å². The summed E-state index contributed by atoms with van der Waals surface area (Å²) in [6, 6.07) is 4.95. The van der Waals surface area contributed by atoms with Gasteiger partial charge in [0.05, 0.1) is 0 Å². The van der Waals surface area contributed by atoms with E-state index in [1.54, 1.807) is 18.2 Å². The molecular weight excluding hydrogens is 226 g/mol. The number of piperidine rings is 1.